The smallest absolute Gasteiger partial charge is 0.246 e. The highest BCUT2D eigenvalue weighted by atomic mass is 19.1. The molecular weight excluding hydrogens is 374 g/mol. The van der Waals surface area contributed by atoms with Crippen LogP contribution >= 0.6 is 0 Å². The van der Waals surface area contributed by atoms with E-state index in [0.717, 1.165) is 11.1 Å². The zero-order chi connectivity index (χ0) is 20.6. The molecule has 0 spiro atoms. The van der Waals surface area contributed by atoms with E-state index in [-0.39, 0.29) is 23.4 Å². The fraction of sp³-hybridized carbons (Fsp3) is 0.217. The minimum atomic E-state index is -0.320. The lowest BCUT2D eigenvalue weighted by molar-refractivity contribution is -0.128. The summed E-state index contributed by atoms with van der Waals surface area (Å²) in [5.41, 5.74) is 1.50. The Hall–Kier alpha value is -3.28. The Kier molecular flexibility index (Phi) is 6.89. The van der Waals surface area contributed by atoms with Crippen molar-refractivity contribution in [2.24, 2.45) is 0 Å². The van der Waals surface area contributed by atoms with Gasteiger partial charge in [0.15, 0.2) is 0 Å². The van der Waals surface area contributed by atoms with Gasteiger partial charge in [0, 0.05) is 38.3 Å². The number of amides is 2. The van der Waals surface area contributed by atoms with E-state index >= 15 is 0 Å². The van der Waals surface area contributed by atoms with Gasteiger partial charge < -0.3 is 9.80 Å². The SMILES string of the molecule is O=C(/C=C\c1ccc(F)cc1)N1CCCN(C(=O)/C=C/c2ccc(F)cc2)CC1. The quantitative estimate of drug-likeness (QED) is 0.739. The number of carbonyl (C=O) groups is 2. The van der Waals surface area contributed by atoms with Gasteiger partial charge in [-0.1, -0.05) is 24.3 Å². The second kappa shape index (κ2) is 9.78. The first-order valence-electron chi connectivity index (χ1n) is 9.46. The van der Waals surface area contributed by atoms with Gasteiger partial charge in [-0.05, 0) is 54.0 Å². The number of hydrogen-bond donors (Lipinski definition) is 0. The van der Waals surface area contributed by atoms with Gasteiger partial charge in [0.1, 0.15) is 11.6 Å². The van der Waals surface area contributed by atoms with Crippen molar-refractivity contribution in [3.05, 3.63) is 83.4 Å². The van der Waals surface area contributed by atoms with E-state index in [1.54, 1.807) is 46.2 Å². The third-order valence-electron chi connectivity index (χ3n) is 4.70. The van der Waals surface area contributed by atoms with E-state index in [4.69, 9.17) is 0 Å². The summed E-state index contributed by atoms with van der Waals surface area (Å²) >= 11 is 0. The van der Waals surface area contributed by atoms with Gasteiger partial charge in [0.2, 0.25) is 11.8 Å². The second-order valence-electron chi connectivity index (χ2n) is 6.77. The summed E-state index contributed by atoms with van der Waals surface area (Å²) in [6, 6.07) is 11.8. The van der Waals surface area contributed by atoms with Gasteiger partial charge in [-0.15, -0.1) is 0 Å². The Balaban J connectivity index is 1.53. The maximum atomic E-state index is 12.9. The van der Waals surface area contributed by atoms with Crippen molar-refractivity contribution < 1.29 is 18.4 Å². The molecule has 2 aromatic carbocycles. The van der Waals surface area contributed by atoms with Gasteiger partial charge in [-0.3, -0.25) is 9.59 Å². The van der Waals surface area contributed by atoms with Crippen molar-refractivity contribution in [1.82, 2.24) is 9.80 Å². The minimum absolute atomic E-state index is 0.134. The standard InChI is InChI=1S/C23H22F2N2O2/c24-20-8-2-18(3-9-20)6-12-22(28)26-14-1-15-27(17-16-26)23(29)13-7-19-4-10-21(25)11-5-19/h2-13H,1,14-17H2/b12-6-,13-7+. The molecule has 0 bridgehead atoms. The van der Waals surface area contributed by atoms with Crippen LogP contribution in [0.4, 0.5) is 8.78 Å². The molecule has 0 atom stereocenters. The van der Waals surface area contributed by atoms with Crippen LogP contribution < -0.4 is 0 Å². The first kappa shape index (κ1) is 20.5. The molecule has 3 rings (SSSR count). The average molecular weight is 396 g/mol. The van der Waals surface area contributed by atoms with Crippen LogP contribution in [0.1, 0.15) is 17.5 Å². The monoisotopic (exact) mass is 396 g/mol. The largest absolute Gasteiger partial charge is 0.337 e. The number of nitrogens with zero attached hydrogens (tertiary/aromatic N) is 2. The van der Waals surface area contributed by atoms with E-state index in [0.29, 0.717) is 32.6 Å². The Labute approximate surface area is 168 Å². The van der Waals surface area contributed by atoms with Crippen LogP contribution in [0.25, 0.3) is 12.2 Å². The molecule has 0 saturated carbocycles. The summed E-state index contributed by atoms with van der Waals surface area (Å²) in [7, 11) is 0. The van der Waals surface area contributed by atoms with E-state index < -0.39 is 0 Å². The molecular formula is C23H22F2N2O2. The predicted molar refractivity (Wildman–Crippen MR) is 109 cm³/mol. The highest BCUT2D eigenvalue weighted by molar-refractivity contribution is 5.93. The molecule has 1 aliphatic rings. The van der Waals surface area contributed by atoms with Crippen LogP contribution in [-0.2, 0) is 9.59 Å². The summed E-state index contributed by atoms with van der Waals surface area (Å²) in [5.74, 6) is -0.908. The van der Waals surface area contributed by atoms with E-state index in [9.17, 15) is 18.4 Å². The fourth-order valence-electron chi connectivity index (χ4n) is 3.05. The molecule has 4 nitrogen and oxygen atoms in total. The maximum absolute atomic E-state index is 12.9. The lowest BCUT2D eigenvalue weighted by atomic mass is 10.2. The highest BCUT2D eigenvalue weighted by Crippen LogP contribution is 2.09. The molecule has 0 aromatic heterocycles. The number of benzene rings is 2. The second-order valence-corrected chi connectivity index (χ2v) is 6.77. The maximum Gasteiger partial charge on any atom is 0.246 e. The molecule has 29 heavy (non-hydrogen) atoms. The van der Waals surface area contributed by atoms with Gasteiger partial charge >= 0.3 is 0 Å². The summed E-state index contributed by atoms with van der Waals surface area (Å²) in [6.07, 6.45) is 6.94. The fourth-order valence-corrected chi connectivity index (χ4v) is 3.05. The van der Waals surface area contributed by atoms with E-state index in [2.05, 4.69) is 0 Å². The molecule has 1 aliphatic heterocycles. The lowest BCUT2D eigenvalue weighted by Gasteiger charge is -2.20. The molecule has 2 amide bonds. The van der Waals surface area contributed by atoms with Crippen molar-refractivity contribution in [3.8, 4) is 0 Å². The van der Waals surface area contributed by atoms with Crippen molar-refractivity contribution in [1.29, 1.82) is 0 Å². The average Bonchev–Trinajstić information content (AvgIpc) is 2.99. The van der Waals surface area contributed by atoms with Crippen molar-refractivity contribution >= 4 is 24.0 Å². The van der Waals surface area contributed by atoms with Gasteiger partial charge in [-0.2, -0.15) is 0 Å². The van der Waals surface area contributed by atoms with E-state index in [1.807, 2.05) is 0 Å². The Bertz CT molecular complexity index is 830. The number of hydrogen-bond acceptors (Lipinski definition) is 2. The van der Waals surface area contributed by atoms with Crippen molar-refractivity contribution in [2.45, 2.75) is 6.42 Å². The first-order valence-corrected chi connectivity index (χ1v) is 9.46. The molecule has 0 unspecified atom stereocenters. The van der Waals surface area contributed by atoms with Crippen LogP contribution in [0.3, 0.4) is 0 Å². The van der Waals surface area contributed by atoms with Crippen molar-refractivity contribution in [2.75, 3.05) is 26.2 Å². The summed E-state index contributed by atoms with van der Waals surface area (Å²) in [4.78, 5) is 28.3. The van der Waals surface area contributed by atoms with Crippen LogP contribution in [0.15, 0.2) is 60.7 Å². The van der Waals surface area contributed by atoms with Gasteiger partial charge in [0.25, 0.3) is 0 Å². The Morgan fingerprint density at radius 3 is 1.41 bits per heavy atom. The van der Waals surface area contributed by atoms with Crippen LogP contribution in [0.2, 0.25) is 0 Å². The number of carbonyl (C=O) groups excluding carboxylic acids is 2. The predicted octanol–water partition coefficient (Wildman–Crippen LogP) is 3.75. The van der Waals surface area contributed by atoms with E-state index in [1.165, 1.54) is 36.4 Å². The minimum Gasteiger partial charge on any atom is -0.337 e. The third-order valence-corrected chi connectivity index (χ3v) is 4.70. The Morgan fingerprint density at radius 2 is 1.03 bits per heavy atom. The van der Waals surface area contributed by atoms with Crippen molar-refractivity contribution in [3.63, 3.8) is 0 Å². The summed E-state index contributed by atoms with van der Waals surface area (Å²) < 4.78 is 25.9. The van der Waals surface area contributed by atoms with Crippen LogP contribution in [-0.4, -0.2) is 47.8 Å². The Morgan fingerprint density at radius 1 is 0.655 bits per heavy atom. The molecule has 0 N–H and O–H groups in total. The van der Waals surface area contributed by atoms with Gasteiger partial charge in [0.05, 0.1) is 0 Å². The summed E-state index contributed by atoms with van der Waals surface area (Å²) in [5, 5.41) is 0. The van der Waals surface area contributed by atoms with Gasteiger partial charge in [-0.25, -0.2) is 8.78 Å². The zero-order valence-electron chi connectivity index (χ0n) is 15.9. The molecule has 1 saturated heterocycles. The number of halogens is 2. The normalized spacial score (nSPS) is 15.1. The highest BCUT2D eigenvalue weighted by Gasteiger charge is 2.19. The molecule has 1 heterocycles. The topological polar surface area (TPSA) is 40.6 Å². The van der Waals surface area contributed by atoms with Crippen LogP contribution in [0.5, 0.6) is 0 Å². The molecule has 2 aromatic rings. The summed E-state index contributed by atoms with van der Waals surface area (Å²) in [6.45, 7) is 2.03. The van der Waals surface area contributed by atoms with Crippen LogP contribution in [0, 0.1) is 11.6 Å². The molecule has 150 valence electrons. The molecule has 0 radical (unpaired) electrons. The molecule has 6 heteroatoms. The lowest BCUT2D eigenvalue weighted by Crippen LogP contribution is -2.36. The molecule has 1 fully saturated rings. The molecule has 0 aliphatic carbocycles. The number of rotatable bonds is 4. The zero-order valence-corrected chi connectivity index (χ0v) is 15.9. The third kappa shape index (κ3) is 6.10. The first-order chi connectivity index (χ1) is 14.0.